The molecule has 1 fully saturated rings. The van der Waals surface area contributed by atoms with E-state index in [1.54, 1.807) is 4.90 Å². The average molecular weight is 271 g/mol. The summed E-state index contributed by atoms with van der Waals surface area (Å²) in [4.78, 5) is 34.7. The number of nitrogens with zero attached hydrogens (tertiary/aromatic N) is 1. The molecule has 1 rings (SSSR count). The molecule has 7 heteroatoms. The molecule has 1 atom stereocenters. The molecule has 19 heavy (non-hydrogen) atoms. The fourth-order valence-electron chi connectivity index (χ4n) is 2.25. The van der Waals surface area contributed by atoms with Gasteiger partial charge in [-0.15, -0.1) is 0 Å². The van der Waals surface area contributed by atoms with Crippen molar-refractivity contribution in [3.63, 3.8) is 0 Å². The first kappa shape index (κ1) is 15.3. The maximum absolute atomic E-state index is 11.9. The number of hydrogen-bond donors (Lipinski definition) is 3. The van der Waals surface area contributed by atoms with E-state index in [2.05, 4.69) is 5.32 Å². The summed E-state index contributed by atoms with van der Waals surface area (Å²) in [6.45, 7) is 1.79. The van der Waals surface area contributed by atoms with E-state index in [1.165, 1.54) is 0 Å². The number of likely N-dealkylation sites (tertiary alicyclic amines) is 1. The van der Waals surface area contributed by atoms with E-state index in [0.29, 0.717) is 26.1 Å². The zero-order valence-electron chi connectivity index (χ0n) is 10.9. The number of hydrogen-bond acceptors (Lipinski definition) is 3. The van der Waals surface area contributed by atoms with Crippen molar-refractivity contribution in [3.05, 3.63) is 0 Å². The Morgan fingerprint density at radius 2 is 2.05 bits per heavy atom. The van der Waals surface area contributed by atoms with Gasteiger partial charge in [0, 0.05) is 32.5 Å². The second-order valence-electron chi connectivity index (χ2n) is 4.84. The summed E-state index contributed by atoms with van der Waals surface area (Å²) < 4.78 is 0. The highest BCUT2D eigenvalue weighted by Gasteiger charge is 2.23. The first-order valence-corrected chi connectivity index (χ1v) is 6.52. The number of carboxylic acids is 1. The standard InChI is InChI=1S/C12H21N3O4/c13-12(19)14-7-9-3-2-6-15(8-9)10(16)4-1-5-11(17)18/h9H,1-8H2,(H,17,18)(H3,13,14,19). The van der Waals surface area contributed by atoms with E-state index in [0.717, 1.165) is 12.8 Å². The summed E-state index contributed by atoms with van der Waals surface area (Å²) in [5.41, 5.74) is 5.01. The van der Waals surface area contributed by atoms with Crippen LogP contribution in [0.2, 0.25) is 0 Å². The number of nitrogens with two attached hydrogens (primary N) is 1. The van der Waals surface area contributed by atoms with Crippen LogP contribution in [0.3, 0.4) is 0 Å². The van der Waals surface area contributed by atoms with Gasteiger partial charge in [0.1, 0.15) is 0 Å². The van der Waals surface area contributed by atoms with Crippen LogP contribution in [0.25, 0.3) is 0 Å². The molecule has 3 amide bonds. The van der Waals surface area contributed by atoms with Crippen LogP contribution in [0.15, 0.2) is 0 Å². The molecule has 1 heterocycles. The van der Waals surface area contributed by atoms with Gasteiger partial charge in [0.15, 0.2) is 0 Å². The smallest absolute Gasteiger partial charge is 0.312 e. The Morgan fingerprint density at radius 3 is 2.68 bits per heavy atom. The Kier molecular flexibility index (Phi) is 6.11. The zero-order chi connectivity index (χ0) is 14.3. The van der Waals surface area contributed by atoms with Crippen LogP contribution in [0.5, 0.6) is 0 Å². The van der Waals surface area contributed by atoms with Crippen molar-refractivity contribution in [3.8, 4) is 0 Å². The molecule has 1 aliphatic heterocycles. The number of carboxylic acid groups (broad SMARTS) is 1. The van der Waals surface area contributed by atoms with Crippen LogP contribution in [0, 0.1) is 5.92 Å². The summed E-state index contributed by atoms with van der Waals surface area (Å²) in [7, 11) is 0. The van der Waals surface area contributed by atoms with Gasteiger partial charge in [0.2, 0.25) is 5.91 Å². The summed E-state index contributed by atoms with van der Waals surface area (Å²) >= 11 is 0. The highest BCUT2D eigenvalue weighted by Crippen LogP contribution is 2.17. The lowest BCUT2D eigenvalue weighted by atomic mass is 9.97. The third-order valence-corrected chi connectivity index (χ3v) is 3.22. The topological polar surface area (TPSA) is 113 Å². The molecule has 0 saturated carbocycles. The summed E-state index contributed by atoms with van der Waals surface area (Å²) in [5, 5.41) is 11.1. The van der Waals surface area contributed by atoms with Crippen LogP contribution in [0.1, 0.15) is 32.1 Å². The van der Waals surface area contributed by atoms with Gasteiger partial charge < -0.3 is 21.1 Å². The maximum Gasteiger partial charge on any atom is 0.312 e. The van der Waals surface area contributed by atoms with Crippen LogP contribution in [-0.4, -0.2) is 47.5 Å². The first-order valence-electron chi connectivity index (χ1n) is 6.52. The normalized spacial score (nSPS) is 18.9. The summed E-state index contributed by atoms with van der Waals surface area (Å²) in [6, 6.07) is -0.551. The zero-order valence-corrected chi connectivity index (χ0v) is 10.9. The lowest BCUT2D eigenvalue weighted by molar-refractivity contribution is -0.137. The SMILES string of the molecule is NC(=O)NCC1CCCN(C(=O)CCCC(=O)O)C1. The van der Waals surface area contributed by atoms with Crippen molar-refractivity contribution < 1.29 is 19.5 Å². The molecule has 1 saturated heterocycles. The van der Waals surface area contributed by atoms with Crippen molar-refractivity contribution >= 4 is 17.9 Å². The largest absolute Gasteiger partial charge is 0.481 e. The maximum atomic E-state index is 11.9. The summed E-state index contributed by atoms with van der Waals surface area (Å²) in [5.74, 6) is -0.662. The van der Waals surface area contributed by atoms with Gasteiger partial charge in [-0.25, -0.2) is 4.79 Å². The van der Waals surface area contributed by atoms with E-state index in [1.807, 2.05) is 0 Å². The van der Waals surface area contributed by atoms with E-state index in [4.69, 9.17) is 10.8 Å². The molecule has 0 aliphatic carbocycles. The Bertz CT molecular complexity index is 346. The van der Waals surface area contributed by atoms with Crippen molar-refractivity contribution in [1.29, 1.82) is 0 Å². The van der Waals surface area contributed by atoms with E-state index in [9.17, 15) is 14.4 Å². The van der Waals surface area contributed by atoms with Gasteiger partial charge in [0.25, 0.3) is 0 Å². The molecule has 0 aromatic heterocycles. The van der Waals surface area contributed by atoms with Crippen molar-refractivity contribution in [2.75, 3.05) is 19.6 Å². The minimum atomic E-state index is -0.880. The van der Waals surface area contributed by atoms with Gasteiger partial charge in [-0.1, -0.05) is 0 Å². The number of carbonyl (C=O) groups is 3. The minimum absolute atomic E-state index is 0.00924. The fraction of sp³-hybridized carbons (Fsp3) is 0.750. The molecule has 7 nitrogen and oxygen atoms in total. The lowest BCUT2D eigenvalue weighted by Crippen LogP contribution is -2.44. The second-order valence-corrected chi connectivity index (χ2v) is 4.84. The van der Waals surface area contributed by atoms with E-state index < -0.39 is 12.0 Å². The number of urea groups is 1. The van der Waals surface area contributed by atoms with E-state index >= 15 is 0 Å². The number of amides is 3. The average Bonchev–Trinajstić information content (AvgIpc) is 2.36. The Hall–Kier alpha value is -1.79. The van der Waals surface area contributed by atoms with Crippen LogP contribution >= 0.6 is 0 Å². The highest BCUT2D eigenvalue weighted by atomic mass is 16.4. The number of rotatable bonds is 6. The van der Waals surface area contributed by atoms with Crippen molar-refractivity contribution in [1.82, 2.24) is 10.2 Å². The molecule has 1 unspecified atom stereocenters. The number of carbonyl (C=O) groups excluding carboxylic acids is 2. The Labute approximate surface area is 112 Å². The molecule has 0 radical (unpaired) electrons. The molecular weight excluding hydrogens is 250 g/mol. The minimum Gasteiger partial charge on any atom is -0.481 e. The molecule has 0 aromatic carbocycles. The molecule has 4 N–H and O–H groups in total. The van der Waals surface area contributed by atoms with Crippen LogP contribution in [-0.2, 0) is 9.59 Å². The third-order valence-electron chi connectivity index (χ3n) is 3.22. The molecule has 0 aromatic rings. The lowest BCUT2D eigenvalue weighted by Gasteiger charge is -2.32. The third kappa shape index (κ3) is 6.08. The Balaban J connectivity index is 2.30. The number of nitrogens with one attached hydrogen (secondary N) is 1. The first-order chi connectivity index (χ1) is 8.99. The van der Waals surface area contributed by atoms with Crippen LogP contribution in [0.4, 0.5) is 4.79 Å². The summed E-state index contributed by atoms with van der Waals surface area (Å²) in [6.07, 6.45) is 2.51. The van der Waals surface area contributed by atoms with Crippen LogP contribution < -0.4 is 11.1 Å². The predicted octanol–water partition coefficient (Wildman–Crippen LogP) is 0.148. The second kappa shape index (κ2) is 7.60. The van der Waals surface area contributed by atoms with Gasteiger partial charge in [-0.3, -0.25) is 9.59 Å². The molecule has 0 bridgehead atoms. The molecule has 108 valence electrons. The van der Waals surface area contributed by atoms with Crippen molar-refractivity contribution in [2.45, 2.75) is 32.1 Å². The quantitative estimate of drug-likeness (QED) is 0.638. The highest BCUT2D eigenvalue weighted by molar-refractivity contribution is 5.77. The number of aliphatic carboxylic acids is 1. The van der Waals surface area contributed by atoms with E-state index in [-0.39, 0.29) is 24.7 Å². The number of piperidine rings is 1. The van der Waals surface area contributed by atoms with Gasteiger partial charge in [0.05, 0.1) is 0 Å². The van der Waals surface area contributed by atoms with Crippen molar-refractivity contribution in [2.24, 2.45) is 11.7 Å². The molecule has 0 spiro atoms. The fourth-order valence-corrected chi connectivity index (χ4v) is 2.25. The molecular formula is C12H21N3O4. The monoisotopic (exact) mass is 271 g/mol. The molecule has 1 aliphatic rings. The predicted molar refractivity (Wildman–Crippen MR) is 68.4 cm³/mol. The van der Waals surface area contributed by atoms with Gasteiger partial charge in [-0.2, -0.15) is 0 Å². The number of primary amides is 1. The van der Waals surface area contributed by atoms with Gasteiger partial charge >= 0.3 is 12.0 Å². The van der Waals surface area contributed by atoms with Gasteiger partial charge in [-0.05, 0) is 25.2 Å². The Morgan fingerprint density at radius 1 is 1.32 bits per heavy atom.